The van der Waals surface area contributed by atoms with Crippen molar-refractivity contribution in [3.63, 3.8) is 0 Å². The van der Waals surface area contributed by atoms with Crippen LogP contribution in [0.25, 0.3) is 0 Å². The van der Waals surface area contributed by atoms with Crippen molar-refractivity contribution in [1.82, 2.24) is 0 Å². The summed E-state index contributed by atoms with van der Waals surface area (Å²) in [6, 6.07) is 0. The zero-order valence-electron chi connectivity index (χ0n) is 4.37. The van der Waals surface area contributed by atoms with Crippen LogP contribution in [0.5, 0.6) is 0 Å². The van der Waals surface area contributed by atoms with Crippen LogP contribution in [0.2, 0.25) is 0 Å². The fourth-order valence-electron chi connectivity index (χ4n) is 0. The maximum absolute atomic E-state index is 9.75. The molecule has 0 aromatic heterocycles. The van der Waals surface area contributed by atoms with Gasteiger partial charge in [-0.05, 0) is 0 Å². The third-order valence-corrected chi connectivity index (χ3v) is 0. The van der Waals surface area contributed by atoms with Crippen molar-refractivity contribution in [3.05, 3.63) is 13.2 Å². The van der Waals surface area contributed by atoms with E-state index in [0.29, 0.717) is 0 Å². The Balaban J connectivity index is -0.0000000750. The summed E-state index contributed by atoms with van der Waals surface area (Å²) in [7, 11) is -6.00. The minimum absolute atomic E-state index is 0. The second kappa shape index (κ2) is 8.16. The van der Waals surface area contributed by atoms with Crippen LogP contribution in [0.4, 0.5) is 17.3 Å². The Labute approximate surface area is 87.9 Å². The molecule has 6 heteroatoms. The molecule has 0 rings (SSSR count). The Kier molecular flexibility index (Phi) is 16.4. The van der Waals surface area contributed by atoms with Crippen LogP contribution in [0.1, 0.15) is 0 Å². The van der Waals surface area contributed by atoms with E-state index in [9.17, 15) is 17.3 Å². The van der Waals surface area contributed by atoms with E-state index in [2.05, 4.69) is 13.2 Å². The average Bonchev–Trinajstić information content (AvgIpc) is 1.36. The monoisotopic (exact) mass is 153 g/mol. The maximum Gasteiger partial charge on any atom is 1.00 e. The topological polar surface area (TPSA) is 0 Å². The summed E-state index contributed by atoms with van der Waals surface area (Å²) in [6.45, 7) is 7.00. The normalized spacial score (nSPS) is 8.00. The van der Waals surface area contributed by atoms with Gasteiger partial charge in [-0.1, -0.05) is 0 Å². The number of halogens is 4. The van der Waals surface area contributed by atoms with Gasteiger partial charge in [0.15, 0.2) is 0 Å². The van der Waals surface area contributed by atoms with E-state index in [1.807, 2.05) is 0 Å². The Hall–Kier alpha value is 1.16. The third-order valence-electron chi connectivity index (χ3n) is 0. The van der Waals surface area contributed by atoms with Crippen LogP contribution in [0.3, 0.4) is 0 Å². The van der Waals surface area contributed by atoms with E-state index in [0.717, 1.165) is 0 Å². The molecule has 0 nitrogen and oxygen atoms in total. The SMILES string of the molecule is F[B-](F)(F)F.[CH-]=C.[K+]. The average molecular weight is 153 g/mol. The molecular weight excluding hydrogens is 150 g/mol. The van der Waals surface area contributed by atoms with Crippen molar-refractivity contribution in [2.45, 2.75) is 0 Å². The molecule has 0 amide bonds. The molecular formula is C2H3BF4K-. The molecule has 0 aromatic carbocycles. The fraction of sp³-hybridized carbons (Fsp3) is 0. The van der Waals surface area contributed by atoms with Crippen molar-refractivity contribution < 1.29 is 68.6 Å². The van der Waals surface area contributed by atoms with E-state index in [1.165, 1.54) is 0 Å². The fourth-order valence-corrected chi connectivity index (χ4v) is 0. The van der Waals surface area contributed by atoms with Gasteiger partial charge in [0.1, 0.15) is 0 Å². The first-order valence-electron chi connectivity index (χ1n) is 1.28. The standard InChI is InChI=1S/C2H3.BF4.K/c1-2;2-1(3,4)5;/h1H,2H2;;/q2*-1;+1. The molecule has 0 atom stereocenters. The predicted octanol–water partition coefficient (Wildman–Crippen LogP) is -1.09. The molecule has 0 radical (unpaired) electrons. The molecule has 0 aliphatic heterocycles. The van der Waals surface area contributed by atoms with Crippen molar-refractivity contribution in [2.24, 2.45) is 0 Å². The van der Waals surface area contributed by atoms with Gasteiger partial charge in [0.25, 0.3) is 0 Å². The van der Waals surface area contributed by atoms with Gasteiger partial charge in [0.2, 0.25) is 0 Å². The second-order valence-electron chi connectivity index (χ2n) is 0.495. The Bertz CT molecular complexity index is 37.8. The van der Waals surface area contributed by atoms with Gasteiger partial charge < -0.3 is 23.8 Å². The van der Waals surface area contributed by atoms with Crippen LogP contribution >= 0.6 is 0 Å². The number of rotatable bonds is 0. The summed E-state index contributed by atoms with van der Waals surface area (Å²) in [4.78, 5) is 0. The zero-order valence-corrected chi connectivity index (χ0v) is 7.50. The predicted molar refractivity (Wildman–Crippen MR) is 20.1 cm³/mol. The van der Waals surface area contributed by atoms with E-state index < -0.39 is 7.25 Å². The molecule has 0 saturated heterocycles. The Morgan fingerprint density at radius 1 is 1.00 bits per heavy atom. The van der Waals surface area contributed by atoms with Crippen molar-refractivity contribution in [3.8, 4) is 0 Å². The summed E-state index contributed by atoms with van der Waals surface area (Å²) in [5.74, 6) is 0. The molecule has 0 bridgehead atoms. The molecule has 0 heterocycles. The van der Waals surface area contributed by atoms with Gasteiger partial charge >= 0.3 is 58.6 Å². The first-order chi connectivity index (χ1) is 3.00. The summed E-state index contributed by atoms with van der Waals surface area (Å²) >= 11 is 0. The minimum Gasteiger partial charge on any atom is -0.521 e. The maximum atomic E-state index is 9.75. The van der Waals surface area contributed by atoms with E-state index in [-0.39, 0.29) is 51.4 Å². The molecule has 0 aliphatic rings. The molecule has 0 aromatic rings. The quantitative estimate of drug-likeness (QED) is 0.235. The second-order valence-corrected chi connectivity index (χ2v) is 0.495. The van der Waals surface area contributed by atoms with Gasteiger partial charge in [-0.3, -0.25) is 6.58 Å². The van der Waals surface area contributed by atoms with Crippen molar-refractivity contribution in [2.75, 3.05) is 0 Å². The number of hydrogen-bond donors (Lipinski definition) is 0. The van der Waals surface area contributed by atoms with Crippen molar-refractivity contribution >= 4 is 7.25 Å². The third kappa shape index (κ3) is 202. The minimum atomic E-state index is -6.00. The Morgan fingerprint density at radius 2 is 1.00 bits per heavy atom. The summed E-state index contributed by atoms with van der Waals surface area (Å²) < 4.78 is 39.0. The molecule has 0 fully saturated rings. The van der Waals surface area contributed by atoms with Crippen LogP contribution in [-0.2, 0) is 0 Å². The van der Waals surface area contributed by atoms with E-state index in [1.54, 1.807) is 0 Å². The van der Waals surface area contributed by atoms with Crippen LogP contribution in [0.15, 0.2) is 6.58 Å². The van der Waals surface area contributed by atoms with Gasteiger partial charge in [0, 0.05) is 0 Å². The van der Waals surface area contributed by atoms with Gasteiger partial charge in [-0.15, -0.1) is 0 Å². The molecule has 44 valence electrons. The van der Waals surface area contributed by atoms with Crippen molar-refractivity contribution in [1.29, 1.82) is 0 Å². The Morgan fingerprint density at radius 3 is 1.00 bits per heavy atom. The largest absolute Gasteiger partial charge is 1.00 e. The summed E-state index contributed by atoms with van der Waals surface area (Å²) in [6.07, 6.45) is 0. The molecule has 8 heavy (non-hydrogen) atoms. The zero-order chi connectivity index (χ0) is 6.50. The van der Waals surface area contributed by atoms with Gasteiger partial charge in [0.05, 0.1) is 0 Å². The first kappa shape index (κ1) is 16.1. The molecule has 0 saturated carbocycles. The van der Waals surface area contributed by atoms with E-state index in [4.69, 9.17) is 0 Å². The first-order valence-corrected chi connectivity index (χ1v) is 1.28. The molecule has 0 unspecified atom stereocenters. The number of hydrogen-bond acceptors (Lipinski definition) is 0. The van der Waals surface area contributed by atoms with Crippen LogP contribution < -0.4 is 51.4 Å². The van der Waals surface area contributed by atoms with E-state index >= 15 is 0 Å². The summed E-state index contributed by atoms with van der Waals surface area (Å²) in [5, 5.41) is 0. The van der Waals surface area contributed by atoms with Crippen LogP contribution in [0, 0.1) is 6.58 Å². The summed E-state index contributed by atoms with van der Waals surface area (Å²) in [5.41, 5.74) is 0. The van der Waals surface area contributed by atoms with Gasteiger partial charge in [-0.2, -0.15) is 0 Å². The smallest absolute Gasteiger partial charge is 0.521 e. The van der Waals surface area contributed by atoms with Gasteiger partial charge in [-0.25, -0.2) is 0 Å². The molecule has 0 N–H and O–H groups in total. The molecule has 0 spiro atoms. The molecule has 0 aliphatic carbocycles. The van der Waals surface area contributed by atoms with Crippen LogP contribution in [-0.4, -0.2) is 7.25 Å².